The number of halogens is 4. The predicted molar refractivity (Wildman–Crippen MR) is 117 cm³/mol. The maximum absolute atomic E-state index is 12.5. The first-order valence-electron chi connectivity index (χ1n) is 9.11. The van der Waals surface area contributed by atoms with E-state index in [9.17, 15) is 18.0 Å². The third-order valence-corrected chi connectivity index (χ3v) is 4.41. The molecular weight excluding hydrogens is 491 g/mol. The van der Waals surface area contributed by atoms with Gasteiger partial charge in [-0.15, -0.1) is 13.2 Å². The fraction of sp³-hybridized carbons (Fsp3) is 0.136. The Morgan fingerprint density at radius 2 is 1.88 bits per heavy atom. The molecule has 1 aromatic carbocycles. The summed E-state index contributed by atoms with van der Waals surface area (Å²) in [7, 11) is 0. The SMILES string of the molecule is C=C(Br)/C=C(\C(=C)n1ccc(C(C)=O)n1)c1oc(C)nc1-c1ccc(OC(F)(F)F)cc1. The van der Waals surface area contributed by atoms with Gasteiger partial charge >= 0.3 is 6.36 Å². The molecule has 3 aromatic rings. The zero-order chi connectivity index (χ0) is 23.6. The number of aromatic nitrogens is 3. The van der Waals surface area contributed by atoms with Crippen LogP contribution in [0.4, 0.5) is 13.2 Å². The van der Waals surface area contributed by atoms with Crippen LogP contribution < -0.4 is 4.74 Å². The van der Waals surface area contributed by atoms with E-state index >= 15 is 0 Å². The molecule has 0 saturated heterocycles. The molecule has 0 aliphatic rings. The predicted octanol–water partition coefficient (Wildman–Crippen LogP) is 6.41. The number of carbonyl (C=O) groups is 1. The summed E-state index contributed by atoms with van der Waals surface area (Å²) in [6, 6.07) is 6.80. The van der Waals surface area contributed by atoms with Crippen LogP contribution >= 0.6 is 15.9 Å². The summed E-state index contributed by atoms with van der Waals surface area (Å²) in [5, 5.41) is 4.21. The van der Waals surface area contributed by atoms with Gasteiger partial charge in [0.2, 0.25) is 0 Å². The number of oxazole rings is 1. The molecule has 0 amide bonds. The molecule has 3 rings (SSSR count). The monoisotopic (exact) mass is 507 g/mol. The van der Waals surface area contributed by atoms with Gasteiger partial charge in [-0.3, -0.25) is 4.79 Å². The number of hydrogen-bond acceptors (Lipinski definition) is 5. The molecule has 6 nitrogen and oxygen atoms in total. The number of alkyl halides is 3. The highest BCUT2D eigenvalue weighted by atomic mass is 79.9. The van der Waals surface area contributed by atoms with Gasteiger partial charge in [-0.1, -0.05) is 29.1 Å². The minimum atomic E-state index is -4.79. The van der Waals surface area contributed by atoms with E-state index in [1.54, 1.807) is 25.3 Å². The summed E-state index contributed by atoms with van der Waals surface area (Å²) >= 11 is 3.29. The number of nitrogens with zero attached hydrogens (tertiary/aromatic N) is 3. The Bertz CT molecular complexity index is 1220. The van der Waals surface area contributed by atoms with Crippen LogP contribution in [0.15, 0.2) is 64.7 Å². The molecule has 0 unspecified atom stereocenters. The average molecular weight is 508 g/mol. The van der Waals surface area contributed by atoms with Crippen molar-refractivity contribution in [2.45, 2.75) is 20.2 Å². The third-order valence-electron chi connectivity index (χ3n) is 4.18. The maximum Gasteiger partial charge on any atom is 0.573 e. The van der Waals surface area contributed by atoms with Crippen LogP contribution in [0.1, 0.15) is 29.1 Å². The Labute approximate surface area is 189 Å². The summed E-state index contributed by atoms with van der Waals surface area (Å²) in [5.41, 5.74) is 1.96. The first-order valence-corrected chi connectivity index (χ1v) is 9.90. The number of ketones is 1. The van der Waals surface area contributed by atoms with E-state index in [1.807, 2.05) is 0 Å². The highest BCUT2D eigenvalue weighted by Gasteiger charge is 2.31. The zero-order valence-electron chi connectivity index (χ0n) is 17.0. The van der Waals surface area contributed by atoms with Crippen molar-refractivity contribution in [2.24, 2.45) is 0 Å². The number of allylic oxidation sites excluding steroid dienone is 4. The fourth-order valence-corrected chi connectivity index (χ4v) is 3.07. The Morgan fingerprint density at radius 1 is 1.22 bits per heavy atom. The summed E-state index contributed by atoms with van der Waals surface area (Å²) < 4.78 is 49.0. The molecule has 2 heterocycles. The van der Waals surface area contributed by atoms with Crippen molar-refractivity contribution in [3.05, 3.63) is 77.6 Å². The standard InChI is InChI=1S/C22H17BrF3N3O3/c1-12(23)11-18(13(2)29-10-9-19(28-29)14(3)30)21-20(27-15(4)31-21)16-5-7-17(8-6-16)32-22(24,25)26/h5-11H,1-2H2,3-4H3/b18-11+. The van der Waals surface area contributed by atoms with Crippen molar-refractivity contribution in [1.29, 1.82) is 0 Å². The molecule has 0 fully saturated rings. The van der Waals surface area contributed by atoms with Crippen molar-refractivity contribution < 1.29 is 27.1 Å². The normalized spacial score (nSPS) is 12.0. The second kappa shape index (κ2) is 8.99. The fourth-order valence-electron chi connectivity index (χ4n) is 2.84. The topological polar surface area (TPSA) is 70.2 Å². The highest BCUT2D eigenvalue weighted by Crippen LogP contribution is 2.36. The molecule has 0 aliphatic heterocycles. The van der Waals surface area contributed by atoms with Crippen LogP contribution in [0.5, 0.6) is 5.75 Å². The molecule has 0 saturated carbocycles. The van der Waals surface area contributed by atoms with E-state index < -0.39 is 6.36 Å². The number of hydrogen-bond donors (Lipinski definition) is 0. The molecule has 2 aromatic heterocycles. The molecular formula is C22H17BrF3N3O3. The quantitative estimate of drug-likeness (QED) is 0.273. The molecule has 0 radical (unpaired) electrons. The van der Waals surface area contributed by atoms with E-state index in [0.29, 0.717) is 38.7 Å². The Morgan fingerprint density at radius 3 is 2.41 bits per heavy atom. The van der Waals surface area contributed by atoms with E-state index in [-0.39, 0.29) is 17.2 Å². The summed E-state index contributed by atoms with van der Waals surface area (Å²) in [6.07, 6.45) is -1.57. The molecule has 166 valence electrons. The second-order valence-corrected chi connectivity index (χ2v) is 7.65. The zero-order valence-corrected chi connectivity index (χ0v) is 18.6. The number of aryl methyl sites for hydroxylation is 1. The number of carbonyl (C=O) groups excluding carboxylic acids is 1. The van der Waals surface area contributed by atoms with Gasteiger partial charge in [0.1, 0.15) is 17.1 Å². The van der Waals surface area contributed by atoms with E-state index in [1.165, 1.54) is 35.9 Å². The number of Topliss-reactive ketones (excluding diaryl/α,β-unsaturated/α-hetero) is 1. The highest BCUT2D eigenvalue weighted by molar-refractivity contribution is 9.11. The van der Waals surface area contributed by atoms with Gasteiger partial charge < -0.3 is 9.15 Å². The lowest BCUT2D eigenvalue weighted by Gasteiger charge is -2.11. The van der Waals surface area contributed by atoms with Crippen molar-refractivity contribution in [3.63, 3.8) is 0 Å². The lowest BCUT2D eigenvalue weighted by Crippen LogP contribution is -2.16. The molecule has 0 atom stereocenters. The van der Waals surface area contributed by atoms with Gasteiger partial charge in [0, 0.05) is 35.7 Å². The van der Waals surface area contributed by atoms with Gasteiger partial charge in [0.25, 0.3) is 0 Å². The number of rotatable bonds is 7. The van der Waals surface area contributed by atoms with E-state index in [4.69, 9.17) is 4.42 Å². The lowest BCUT2D eigenvalue weighted by atomic mass is 10.0. The lowest BCUT2D eigenvalue weighted by molar-refractivity contribution is -0.274. The van der Waals surface area contributed by atoms with Crippen LogP contribution in [0.2, 0.25) is 0 Å². The molecule has 0 aliphatic carbocycles. The Hall–Kier alpha value is -3.40. The first-order chi connectivity index (χ1) is 14.9. The average Bonchev–Trinajstić information content (AvgIpc) is 3.32. The molecule has 0 spiro atoms. The van der Waals surface area contributed by atoms with Crippen LogP contribution in [0, 0.1) is 6.92 Å². The number of benzene rings is 1. The van der Waals surface area contributed by atoms with E-state index in [0.717, 1.165) is 0 Å². The molecule has 10 heteroatoms. The van der Waals surface area contributed by atoms with Gasteiger partial charge in [-0.05, 0) is 36.4 Å². The van der Waals surface area contributed by atoms with Crippen LogP contribution in [0.3, 0.4) is 0 Å². The van der Waals surface area contributed by atoms with Crippen LogP contribution in [-0.4, -0.2) is 26.9 Å². The van der Waals surface area contributed by atoms with Crippen LogP contribution in [-0.2, 0) is 0 Å². The first kappa shape index (κ1) is 23.3. The molecule has 0 bridgehead atoms. The van der Waals surface area contributed by atoms with Crippen molar-refractivity contribution in [2.75, 3.05) is 0 Å². The van der Waals surface area contributed by atoms with Gasteiger partial charge in [0.15, 0.2) is 17.4 Å². The van der Waals surface area contributed by atoms with E-state index in [2.05, 4.69) is 43.9 Å². The van der Waals surface area contributed by atoms with Gasteiger partial charge in [0.05, 0.1) is 5.70 Å². The largest absolute Gasteiger partial charge is 0.573 e. The van der Waals surface area contributed by atoms with Crippen molar-refractivity contribution in [1.82, 2.24) is 14.8 Å². The Kier molecular flexibility index (Phi) is 6.54. The minimum absolute atomic E-state index is 0.204. The summed E-state index contributed by atoms with van der Waals surface area (Å²) in [4.78, 5) is 16.0. The summed E-state index contributed by atoms with van der Waals surface area (Å²) in [6.45, 7) is 10.9. The maximum atomic E-state index is 12.5. The minimum Gasteiger partial charge on any atom is -0.440 e. The van der Waals surface area contributed by atoms with Gasteiger partial charge in [-0.25, -0.2) is 9.67 Å². The summed E-state index contributed by atoms with van der Waals surface area (Å²) in [5.74, 6) is 0.0709. The smallest absolute Gasteiger partial charge is 0.440 e. The molecule has 32 heavy (non-hydrogen) atoms. The third kappa shape index (κ3) is 5.44. The Balaban J connectivity index is 2.05. The van der Waals surface area contributed by atoms with Crippen molar-refractivity contribution in [3.8, 4) is 17.0 Å². The van der Waals surface area contributed by atoms with Gasteiger partial charge in [-0.2, -0.15) is 5.10 Å². The number of ether oxygens (including phenoxy) is 1. The van der Waals surface area contributed by atoms with Crippen molar-refractivity contribution >= 4 is 33.0 Å². The van der Waals surface area contributed by atoms with Crippen LogP contribution in [0.25, 0.3) is 22.5 Å². The molecule has 0 N–H and O–H groups in total. The second-order valence-electron chi connectivity index (χ2n) is 6.64.